The van der Waals surface area contributed by atoms with Crippen molar-refractivity contribution < 1.29 is 17.9 Å². The Kier molecular flexibility index (Phi) is 6.86. The predicted octanol–water partition coefficient (Wildman–Crippen LogP) is 4.24. The summed E-state index contributed by atoms with van der Waals surface area (Å²) in [6.07, 6.45) is 7.57. The number of likely N-dealkylation sites (tertiary alicyclic amines) is 1. The average molecular weight is 457 g/mol. The van der Waals surface area contributed by atoms with Crippen LogP contribution in [0.3, 0.4) is 0 Å². The van der Waals surface area contributed by atoms with Crippen LogP contribution in [0.15, 0.2) is 41.3 Å². The van der Waals surface area contributed by atoms with Crippen LogP contribution in [0.4, 0.5) is 0 Å². The van der Waals surface area contributed by atoms with Gasteiger partial charge in [0.15, 0.2) is 0 Å². The van der Waals surface area contributed by atoms with Gasteiger partial charge in [-0.05, 0) is 86.8 Å². The summed E-state index contributed by atoms with van der Waals surface area (Å²) in [6.45, 7) is 3.23. The van der Waals surface area contributed by atoms with Gasteiger partial charge in [0.1, 0.15) is 5.75 Å². The lowest BCUT2D eigenvalue weighted by molar-refractivity contribution is 0.0720. The molecule has 0 radical (unpaired) electrons. The van der Waals surface area contributed by atoms with Crippen LogP contribution in [0.5, 0.6) is 5.75 Å². The smallest absolute Gasteiger partial charge is 0.257 e. The quantitative estimate of drug-likeness (QED) is 0.705. The van der Waals surface area contributed by atoms with Crippen molar-refractivity contribution in [2.45, 2.75) is 62.8 Å². The number of amides is 1. The molecular formula is C25H32N2O4S. The van der Waals surface area contributed by atoms with E-state index in [1.54, 1.807) is 11.0 Å². The van der Waals surface area contributed by atoms with Gasteiger partial charge in [0.25, 0.3) is 5.91 Å². The Morgan fingerprint density at radius 1 is 0.969 bits per heavy atom. The Balaban J connectivity index is 1.57. The minimum Gasteiger partial charge on any atom is -0.496 e. The molecule has 2 aromatic carbocycles. The van der Waals surface area contributed by atoms with Gasteiger partial charge in [-0.1, -0.05) is 18.2 Å². The molecule has 2 aromatic rings. The van der Waals surface area contributed by atoms with Gasteiger partial charge in [-0.25, -0.2) is 13.1 Å². The summed E-state index contributed by atoms with van der Waals surface area (Å²) >= 11 is 0. The zero-order valence-corrected chi connectivity index (χ0v) is 19.7. The highest BCUT2D eigenvalue weighted by Crippen LogP contribution is 2.28. The minimum atomic E-state index is -3.82. The van der Waals surface area contributed by atoms with E-state index in [0.29, 0.717) is 24.4 Å². The summed E-state index contributed by atoms with van der Waals surface area (Å²) in [6, 6.07) is 10.4. The van der Waals surface area contributed by atoms with Crippen LogP contribution in [0.25, 0.3) is 0 Å². The Hall–Kier alpha value is -2.38. The normalized spacial score (nSPS) is 17.5. The van der Waals surface area contributed by atoms with E-state index in [1.807, 2.05) is 13.0 Å². The van der Waals surface area contributed by atoms with E-state index in [9.17, 15) is 13.2 Å². The summed E-state index contributed by atoms with van der Waals surface area (Å²) in [5.41, 5.74) is 3.93. The molecule has 1 unspecified atom stereocenters. The van der Waals surface area contributed by atoms with Gasteiger partial charge >= 0.3 is 0 Å². The molecule has 0 bridgehead atoms. The number of nitrogens with one attached hydrogen (secondary N) is 1. The van der Waals surface area contributed by atoms with Gasteiger partial charge in [-0.15, -0.1) is 0 Å². The van der Waals surface area contributed by atoms with Crippen LogP contribution >= 0.6 is 0 Å². The van der Waals surface area contributed by atoms with Crippen molar-refractivity contribution in [1.29, 1.82) is 0 Å². The first-order valence-electron chi connectivity index (χ1n) is 11.5. The lowest BCUT2D eigenvalue weighted by Gasteiger charge is -2.27. The molecule has 6 nitrogen and oxygen atoms in total. The van der Waals surface area contributed by atoms with E-state index in [0.717, 1.165) is 37.7 Å². The summed E-state index contributed by atoms with van der Waals surface area (Å²) in [4.78, 5) is 14.9. The zero-order chi connectivity index (χ0) is 22.7. The van der Waals surface area contributed by atoms with E-state index >= 15 is 0 Å². The summed E-state index contributed by atoms with van der Waals surface area (Å²) in [5, 5.41) is 0. The van der Waals surface area contributed by atoms with Crippen molar-refractivity contribution in [1.82, 2.24) is 9.62 Å². The molecule has 172 valence electrons. The van der Waals surface area contributed by atoms with Crippen LogP contribution < -0.4 is 9.46 Å². The second-order valence-corrected chi connectivity index (χ2v) is 10.5. The lowest BCUT2D eigenvalue weighted by atomic mass is 9.89. The Bertz CT molecular complexity index is 1090. The molecule has 1 fully saturated rings. The standard InChI is InChI=1S/C25H32N2O4S/c1-18(20-11-10-19-8-4-5-9-21(19)16-20)26-32(29,30)22-12-13-24(31-2)23(17-22)25(28)27-14-6-3-7-15-27/h10-13,16-18,26H,3-9,14-15H2,1-2H3. The van der Waals surface area contributed by atoms with Crippen molar-refractivity contribution in [2.24, 2.45) is 0 Å². The lowest BCUT2D eigenvalue weighted by Crippen LogP contribution is -2.36. The first-order valence-corrected chi connectivity index (χ1v) is 13.0. The number of methoxy groups -OCH3 is 1. The number of rotatable bonds is 6. The maximum Gasteiger partial charge on any atom is 0.257 e. The van der Waals surface area contributed by atoms with Crippen molar-refractivity contribution in [3.63, 3.8) is 0 Å². The monoisotopic (exact) mass is 456 g/mol. The van der Waals surface area contributed by atoms with E-state index in [-0.39, 0.29) is 16.8 Å². The van der Waals surface area contributed by atoms with Crippen LogP contribution in [0, 0.1) is 0 Å². The predicted molar refractivity (Wildman–Crippen MR) is 125 cm³/mol. The van der Waals surface area contributed by atoms with Crippen molar-refractivity contribution in [2.75, 3.05) is 20.2 Å². The van der Waals surface area contributed by atoms with Crippen LogP contribution in [0.2, 0.25) is 0 Å². The second-order valence-electron chi connectivity index (χ2n) is 8.79. The van der Waals surface area contributed by atoms with E-state index in [2.05, 4.69) is 16.9 Å². The Morgan fingerprint density at radius 2 is 1.69 bits per heavy atom. The van der Waals surface area contributed by atoms with Gasteiger partial charge in [-0.2, -0.15) is 0 Å². The highest BCUT2D eigenvalue weighted by atomic mass is 32.2. The number of fused-ring (bicyclic) bond motifs is 1. The highest BCUT2D eigenvalue weighted by Gasteiger charge is 2.26. The largest absolute Gasteiger partial charge is 0.496 e. The van der Waals surface area contributed by atoms with Gasteiger partial charge in [-0.3, -0.25) is 4.79 Å². The molecule has 1 saturated heterocycles. The van der Waals surface area contributed by atoms with Crippen LogP contribution in [-0.4, -0.2) is 39.4 Å². The van der Waals surface area contributed by atoms with Crippen molar-refractivity contribution in [3.05, 3.63) is 58.7 Å². The van der Waals surface area contributed by atoms with Gasteiger partial charge in [0.05, 0.1) is 17.6 Å². The third-order valence-corrected chi connectivity index (χ3v) is 8.10. The first-order chi connectivity index (χ1) is 15.4. The topological polar surface area (TPSA) is 75.7 Å². The molecule has 1 amide bonds. The van der Waals surface area contributed by atoms with Gasteiger partial charge in [0, 0.05) is 19.1 Å². The third kappa shape index (κ3) is 4.84. The molecule has 1 heterocycles. The summed E-state index contributed by atoms with van der Waals surface area (Å²) < 4.78 is 34.5. The van der Waals surface area contributed by atoms with E-state index in [1.165, 1.54) is 43.2 Å². The fourth-order valence-corrected chi connectivity index (χ4v) is 5.94. The van der Waals surface area contributed by atoms with Crippen LogP contribution in [-0.2, 0) is 22.9 Å². The molecule has 2 aliphatic rings. The molecular weight excluding hydrogens is 424 g/mol. The second kappa shape index (κ2) is 9.63. The summed E-state index contributed by atoms with van der Waals surface area (Å²) in [7, 11) is -2.32. The number of carbonyl (C=O) groups is 1. The van der Waals surface area contributed by atoms with Gasteiger partial charge < -0.3 is 9.64 Å². The number of aryl methyl sites for hydroxylation is 2. The van der Waals surface area contributed by atoms with Crippen LogP contribution in [0.1, 0.15) is 72.1 Å². The summed E-state index contributed by atoms with van der Waals surface area (Å²) in [5.74, 6) is 0.212. The first kappa shape index (κ1) is 22.8. The molecule has 1 aliphatic heterocycles. The van der Waals surface area contributed by atoms with E-state index < -0.39 is 10.0 Å². The maximum atomic E-state index is 13.2. The number of benzene rings is 2. The highest BCUT2D eigenvalue weighted by molar-refractivity contribution is 7.89. The molecule has 1 atom stereocenters. The molecule has 32 heavy (non-hydrogen) atoms. The number of hydrogen-bond donors (Lipinski definition) is 1. The molecule has 0 saturated carbocycles. The number of hydrogen-bond acceptors (Lipinski definition) is 4. The molecule has 7 heteroatoms. The van der Waals surface area contributed by atoms with Gasteiger partial charge in [0.2, 0.25) is 10.0 Å². The number of sulfonamides is 1. The average Bonchev–Trinajstić information content (AvgIpc) is 2.83. The molecule has 0 aromatic heterocycles. The maximum absolute atomic E-state index is 13.2. The Labute approximate surface area is 191 Å². The number of ether oxygens (including phenoxy) is 1. The fraction of sp³-hybridized carbons (Fsp3) is 0.480. The molecule has 0 spiro atoms. The zero-order valence-electron chi connectivity index (χ0n) is 18.9. The van der Waals surface area contributed by atoms with Crippen molar-refractivity contribution in [3.8, 4) is 5.75 Å². The van der Waals surface area contributed by atoms with Crippen molar-refractivity contribution >= 4 is 15.9 Å². The SMILES string of the molecule is COc1ccc(S(=O)(=O)NC(C)c2ccc3c(c2)CCCC3)cc1C(=O)N1CCCCC1. The Morgan fingerprint density at radius 3 is 2.41 bits per heavy atom. The third-order valence-electron chi connectivity index (χ3n) is 6.56. The molecule has 1 N–H and O–H groups in total. The molecule has 4 rings (SSSR count). The fourth-order valence-electron chi connectivity index (χ4n) is 4.68. The number of piperidine rings is 1. The number of nitrogens with zero attached hydrogens (tertiary/aromatic N) is 1. The van der Waals surface area contributed by atoms with E-state index in [4.69, 9.17) is 4.74 Å². The molecule has 1 aliphatic carbocycles. The number of carbonyl (C=O) groups excluding carboxylic acids is 1. The minimum absolute atomic E-state index is 0.0727.